The number of ether oxygens (including phenoxy) is 1. The molecule has 0 aromatic heterocycles. The third kappa shape index (κ3) is 55.5. The molecule has 0 saturated carbocycles. The van der Waals surface area contributed by atoms with E-state index in [4.69, 9.17) is 4.74 Å². The molecular formula is C63H121NO5. The van der Waals surface area contributed by atoms with Crippen LogP contribution in [0.25, 0.3) is 0 Å². The highest BCUT2D eigenvalue weighted by Crippen LogP contribution is 2.18. The maximum absolute atomic E-state index is 12.5. The van der Waals surface area contributed by atoms with Crippen LogP contribution in [0.3, 0.4) is 0 Å². The Morgan fingerprint density at radius 1 is 0.406 bits per heavy atom. The van der Waals surface area contributed by atoms with Crippen molar-refractivity contribution in [3.05, 3.63) is 24.3 Å². The monoisotopic (exact) mass is 972 g/mol. The largest absolute Gasteiger partial charge is 0.465 e. The molecule has 0 rings (SSSR count). The zero-order valence-electron chi connectivity index (χ0n) is 46.6. The molecule has 0 heterocycles. The number of esters is 1. The lowest BCUT2D eigenvalue weighted by molar-refractivity contribution is -0.143. The predicted molar refractivity (Wildman–Crippen MR) is 301 cm³/mol. The zero-order chi connectivity index (χ0) is 50.0. The van der Waals surface area contributed by atoms with Gasteiger partial charge in [0.25, 0.3) is 0 Å². The average molecular weight is 973 g/mol. The van der Waals surface area contributed by atoms with E-state index in [1.165, 1.54) is 257 Å². The van der Waals surface area contributed by atoms with Gasteiger partial charge in [0, 0.05) is 12.8 Å². The summed E-state index contributed by atoms with van der Waals surface area (Å²) < 4.78 is 5.41. The molecule has 3 N–H and O–H groups in total. The molecule has 0 aliphatic rings. The molecule has 0 aromatic carbocycles. The van der Waals surface area contributed by atoms with Crippen molar-refractivity contribution in [3.8, 4) is 0 Å². The number of rotatable bonds is 58. The van der Waals surface area contributed by atoms with Crippen LogP contribution in [0.1, 0.15) is 341 Å². The maximum Gasteiger partial charge on any atom is 0.305 e. The van der Waals surface area contributed by atoms with Crippen LogP contribution in [0.15, 0.2) is 24.3 Å². The minimum absolute atomic E-state index is 0.0340. The molecule has 0 bridgehead atoms. The summed E-state index contributed by atoms with van der Waals surface area (Å²) in [7, 11) is 0. The van der Waals surface area contributed by atoms with Gasteiger partial charge in [-0.05, 0) is 44.9 Å². The molecule has 0 saturated heterocycles. The van der Waals surface area contributed by atoms with Gasteiger partial charge in [-0.15, -0.1) is 0 Å². The summed E-state index contributed by atoms with van der Waals surface area (Å²) in [5.41, 5.74) is 0. The highest BCUT2D eigenvalue weighted by Gasteiger charge is 2.20. The second-order valence-corrected chi connectivity index (χ2v) is 21.4. The van der Waals surface area contributed by atoms with Crippen molar-refractivity contribution in [2.45, 2.75) is 353 Å². The number of hydrogen-bond donors (Lipinski definition) is 3. The fourth-order valence-electron chi connectivity index (χ4n) is 9.77. The topological polar surface area (TPSA) is 95.9 Å². The quantitative estimate of drug-likeness (QED) is 0.0321. The standard InChI is InChI=1S/C63H121NO5/c1-3-5-7-9-11-13-15-17-18-19-23-26-29-32-35-39-43-47-51-55-61(66)60(59-65)64-62(67)56-52-48-44-40-36-33-30-27-24-21-20-22-25-28-31-34-38-42-46-50-54-58-69-63(68)57-53-49-45-41-37-16-14-12-10-8-6-4-2/h34,38,46,50,60-61,65-66H,3-33,35-37,39-45,47-49,51-59H2,1-2H3,(H,64,67)/b38-34-,50-46-. The molecule has 1 amide bonds. The Hall–Kier alpha value is -1.66. The summed E-state index contributed by atoms with van der Waals surface area (Å²) in [6.07, 6.45) is 72.0. The summed E-state index contributed by atoms with van der Waals surface area (Å²) in [5.74, 6) is -0.0706. The number of carbonyl (C=O) groups is 2. The van der Waals surface area contributed by atoms with Crippen molar-refractivity contribution in [1.29, 1.82) is 0 Å². The molecule has 0 radical (unpaired) electrons. The molecule has 0 fully saturated rings. The van der Waals surface area contributed by atoms with Crippen LogP contribution in [0.2, 0.25) is 0 Å². The maximum atomic E-state index is 12.5. The van der Waals surface area contributed by atoms with E-state index in [0.717, 1.165) is 51.4 Å². The first-order valence-corrected chi connectivity index (χ1v) is 31.1. The van der Waals surface area contributed by atoms with Crippen molar-refractivity contribution in [3.63, 3.8) is 0 Å². The van der Waals surface area contributed by atoms with Crippen LogP contribution in [-0.2, 0) is 14.3 Å². The number of amides is 1. The number of hydrogen-bond acceptors (Lipinski definition) is 5. The summed E-state index contributed by atoms with van der Waals surface area (Å²) in [5, 5.41) is 23.4. The molecule has 408 valence electrons. The molecule has 6 heteroatoms. The lowest BCUT2D eigenvalue weighted by Crippen LogP contribution is -2.45. The van der Waals surface area contributed by atoms with Crippen molar-refractivity contribution in [2.75, 3.05) is 13.2 Å². The lowest BCUT2D eigenvalue weighted by atomic mass is 10.0. The van der Waals surface area contributed by atoms with Crippen LogP contribution in [-0.4, -0.2) is 47.4 Å². The number of unbranched alkanes of at least 4 members (excludes halogenated alkanes) is 43. The number of allylic oxidation sites excluding steroid dienone is 3. The Morgan fingerprint density at radius 3 is 1.10 bits per heavy atom. The molecule has 2 unspecified atom stereocenters. The van der Waals surface area contributed by atoms with Gasteiger partial charge in [0.05, 0.1) is 25.4 Å². The zero-order valence-corrected chi connectivity index (χ0v) is 46.6. The van der Waals surface area contributed by atoms with Gasteiger partial charge in [0.2, 0.25) is 5.91 Å². The van der Waals surface area contributed by atoms with E-state index in [9.17, 15) is 19.8 Å². The minimum atomic E-state index is -0.668. The summed E-state index contributed by atoms with van der Waals surface area (Å²) in [6, 6.07) is -0.545. The number of aliphatic hydroxyl groups excluding tert-OH is 2. The average Bonchev–Trinajstić information content (AvgIpc) is 3.35. The van der Waals surface area contributed by atoms with Crippen molar-refractivity contribution >= 4 is 11.9 Å². The van der Waals surface area contributed by atoms with Crippen molar-refractivity contribution in [1.82, 2.24) is 5.32 Å². The smallest absolute Gasteiger partial charge is 0.305 e. The van der Waals surface area contributed by atoms with E-state index >= 15 is 0 Å². The molecule has 0 aromatic rings. The molecule has 2 atom stereocenters. The van der Waals surface area contributed by atoms with Gasteiger partial charge in [-0.25, -0.2) is 0 Å². The van der Waals surface area contributed by atoms with E-state index in [2.05, 4.69) is 43.5 Å². The SMILES string of the molecule is CCCCCCCCCCCCCCCCCCCCCC(O)C(CO)NC(=O)CCCCCCCCCCCCCCCC/C=C\C/C=C\CCOC(=O)CCCCCCCCCCCCCC. The van der Waals surface area contributed by atoms with Crippen LogP contribution in [0, 0.1) is 0 Å². The molecule has 0 spiro atoms. The fraction of sp³-hybridized carbons (Fsp3) is 0.905. The predicted octanol–water partition coefficient (Wildman–Crippen LogP) is 19.4. The van der Waals surface area contributed by atoms with Crippen LogP contribution >= 0.6 is 0 Å². The first-order chi connectivity index (χ1) is 34.0. The summed E-state index contributed by atoms with van der Waals surface area (Å²) in [6.45, 7) is 4.87. The van der Waals surface area contributed by atoms with E-state index in [1.54, 1.807) is 0 Å². The normalized spacial score (nSPS) is 12.7. The third-order valence-electron chi connectivity index (χ3n) is 14.5. The van der Waals surface area contributed by atoms with Crippen LogP contribution in [0.4, 0.5) is 0 Å². The summed E-state index contributed by atoms with van der Waals surface area (Å²) in [4.78, 5) is 24.5. The second-order valence-electron chi connectivity index (χ2n) is 21.4. The van der Waals surface area contributed by atoms with E-state index in [-0.39, 0.29) is 18.5 Å². The molecule has 0 aliphatic heterocycles. The van der Waals surface area contributed by atoms with Gasteiger partial charge in [-0.1, -0.05) is 308 Å². The number of carbonyl (C=O) groups excluding carboxylic acids is 2. The van der Waals surface area contributed by atoms with Crippen LogP contribution in [0.5, 0.6) is 0 Å². The highest BCUT2D eigenvalue weighted by atomic mass is 16.5. The Morgan fingerprint density at radius 2 is 0.725 bits per heavy atom. The Balaban J connectivity index is 3.45. The number of aliphatic hydroxyl groups is 2. The van der Waals surface area contributed by atoms with Crippen LogP contribution < -0.4 is 5.32 Å². The van der Waals surface area contributed by atoms with Crippen molar-refractivity contribution < 1.29 is 24.5 Å². The number of nitrogens with one attached hydrogen (secondary N) is 1. The minimum Gasteiger partial charge on any atom is -0.465 e. The van der Waals surface area contributed by atoms with E-state index < -0.39 is 12.1 Å². The highest BCUT2D eigenvalue weighted by molar-refractivity contribution is 5.76. The van der Waals surface area contributed by atoms with Gasteiger partial charge in [-0.2, -0.15) is 0 Å². The van der Waals surface area contributed by atoms with Gasteiger partial charge in [-0.3, -0.25) is 9.59 Å². The first kappa shape index (κ1) is 67.3. The van der Waals surface area contributed by atoms with Gasteiger partial charge in [0.15, 0.2) is 0 Å². The third-order valence-corrected chi connectivity index (χ3v) is 14.5. The molecular weight excluding hydrogens is 851 g/mol. The van der Waals surface area contributed by atoms with Gasteiger partial charge in [0.1, 0.15) is 0 Å². The first-order valence-electron chi connectivity index (χ1n) is 31.1. The summed E-state index contributed by atoms with van der Waals surface area (Å²) >= 11 is 0. The second kappa shape index (κ2) is 58.9. The van der Waals surface area contributed by atoms with Gasteiger partial charge >= 0.3 is 5.97 Å². The molecule has 69 heavy (non-hydrogen) atoms. The van der Waals surface area contributed by atoms with E-state index in [1.807, 2.05) is 0 Å². The Kier molecular flexibility index (Phi) is 57.5. The molecule has 0 aliphatic carbocycles. The van der Waals surface area contributed by atoms with E-state index in [0.29, 0.717) is 25.9 Å². The Bertz CT molecular complexity index is 1080. The van der Waals surface area contributed by atoms with Gasteiger partial charge < -0.3 is 20.3 Å². The Labute approximate surface area is 431 Å². The fourth-order valence-corrected chi connectivity index (χ4v) is 9.77. The lowest BCUT2D eigenvalue weighted by Gasteiger charge is -2.22. The molecule has 6 nitrogen and oxygen atoms in total. The van der Waals surface area contributed by atoms with Crippen molar-refractivity contribution in [2.24, 2.45) is 0 Å².